The zero-order chi connectivity index (χ0) is 17.1. The molecule has 148 valence electrons. The molecule has 0 spiro atoms. The molecule has 3 heterocycles. The van der Waals surface area contributed by atoms with Crippen molar-refractivity contribution in [3.8, 4) is 5.75 Å². The maximum atomic E-state index is 12.9. The van der Waals surface area contributed by atoms with Crippen molar-refractivity contribution >= 4 is 24.8 Å². The van der Waals surface area contributed by atoms with Crippen LogP contribution in [0, 0.1) is 11.7 Å². The van der Waals surface area contributed by atoms with Crippen molar-refractivity contribution in [2.24, 2.45) is 5.92 Å². The van der Waals surface area contributed by atoms with Gasteiger partial charge in [0, 0.05) is 19.1 Å². The third-order valence-electron chi connectivity index (χ3n) is 5.44. The second-order valence-electron chi connectivity index (χ2n) is 7.19. The number of fused-ring (bicyclic) bond motifs is 3. The van der Waals surface area contributed by atoms with Gasteiger partial charge in [0.15, 0.2) is 0 Å². The van der Waals surface area contributed by atoms with Crippen LogP contribution >= 0.6 is 24.8 Å². The molecular weight excluding hydrogens is 386 g/mol. The van der Waals surface area contributed by atoms with Crippen LogP contribution in [0.5, 0.6) is 5.75 Å². The first-order chi connectivity index (χ1) is 12.3. The Bertz CT molecular complexity index is 706. The highest BCUT2D eigenvalue weighted by Crippen LogP contribution is 2.27. The van der Waals surface area contributed by atoms with E-state index in [1.54, 1.807) is 12.1 Å². The Balaban J connectivity index is 0.00000131. The van der Waals surface area contributed by atoms with Crippen molar-refractivity contribution < 1.29 is 9.13 Å². The number of nitrogens with zero attached hydrogens (tertiary/aromatic N) is 1. The van der Waals surface area contributed by atoms with E-state index in [2.05, 4.69) is 22.3 Å². The number of piperidine rings is 3. The third kappa shape index (κ3) is 5.82. The van der Waals surface area contributed by atoms with Crippen LogP contribution in [0.1, 0.15) is 24.0 Å². The molecule has 0 aromatic heterocycles. The molecule has 3 aliphatic heterocycles. The summed E-state index contributed by atoms with van der Waals surface area (Å²) in [4.78, 5) is 2.57. The smallest absolute Gasteiger partial charge is 0.123 e. The van der Waals surface area contributed by atoms with E-state index in [4.69, 9.17) is 4.74 Å². The van der Waals surface area contributed by atoms with E-state index < -0.39 is 0 Å². The fraction of sp³-hybridized carbons (Fsp3) is 0.429. The first-order valence-electron chi connectivity index (χ1n) is 9.18. The van der Waals surface area contributed by atoms with Gasteiger partial charge in [-0.1, -0.05) is 24.3 Å². The molecular formula is C21H27Cl2FN2O. The van der Waals surface area contributed by atoms with Gasteiger partial charge in [-0.3, -0.25) is 0 Å². The molecule has 0 radical (unpaired) electrons. The van der Waals surface area contributed by atoms with Gasteiger partial charge in [-0.15, -0.1) is 24.8 Å². The van der Waals surface area contributed by atoms with Crippen LogP contribution in [0.2, 0.25) is 0 Å². The molecule has 3 aliphatic rings. The molecule has 27 heavy (non-hydrogen) atoms. The minimum Gasteiger partial charge on any atom is -0.489 e. The minimum atomic E-state index is -0.218. The largest absolute Gasteiger partial charge is 0.489 e. The van der Waals surface area contributed by atoms with E-state index in [0.717, 1.165) is 23.8 Å². The fourth-order valence-electron chi connectivity index (χ4n) is 3.94. The van der Waals surface area contributed by atoms with Gasteiger partial charge in [-0.25, -0.2) is 4.39 Å². The molecule has 3 fully saturated rings. The van der Waals surface area contributed by atoms with Gasteiger partial charge in [0.2, 0.25) is 0 Å². The monoisotopic (exact) mass is 412 g/mol. The Morgan fingerprint density at radius 1 is 1.00 bits per heavy atom. The summed E-state index contributed by atoms with van der Waals surface area (Å²) in [6, 6.07) is 15.3. The van der Waals surface area contributed by atoms with E-state index in [9.17, 15) is 4.39 Å². The summed E-state index contributed by atoms with van der Waals surface area (Å²) in [5.74, 6) is 1.48. The zero-order valence-corrected chi connectivity index (χ0v) is 16.9. The normalized spacial score (nSPS) is 23.2. The van der Waals surface area contributed by atoms with E-state index in [1.807, 2.05) is 12.1 Å². The number of nitrogens with one attached hydrogen (secondary N) is 1. The SMILES string of the molecule is Cl.Cl.Fc1ccc(COc2cccc(CNC3CN4CCC3CC4)c2)cc1. The van der Waals surface area contributed by atoms with Gasteiger partial charge < -0.3 is 15.0 Å². The molecule has 2 aromatic rings. The van der Waals surface area contributed by atoms with Crippen LogP contribution in [-0.4, -0.2) is 30.6 Å². The molecule has 1 unspecified atom stereocenters. The second kappa shape index (κ2) is 10.3. The quantitative estimate of drug-likeness (QED) is 0.758. The predicted molar refractivity (Wildman–Crippen MR) is 111 cm³/mol. The van der Waals surface area contributed by atoms with Crippen LogP contribution in [0.15, 0.2) is 48.5 Å². The van der Waals surface area contributed by atoms with Gasteiger partial charge >= 0.3 is 0 Å². The molecule has 0 amide bonds. The summed E-state index contributed by atoms with van der Waals surface area (Å²) in [7, 11) is 0. The molecule has 1 N–H and O–H groups in total. The number of hydrogen-bond donors (Lipinski definition) is 1. The van der Waals surface area contributed by atoms with E-state index in [1.165, 1.54) is 50.2 Å². The highest BCUT2D eigenvalue weighted by molar-refractivity contribution is 5.85. The summed E-state index contributed by atoms with van der Waals surface area (Å²) in [5.41, 5.74) is 2.21. The zero-order valence-electron chi connectivity index (χ0n) is 15.3. The lowest BCUT2D eigenvalue weighted by Crippen LogP contribution is -2.55. The molecule has 5 rings (SSSR count). The van der Waals surface area contributed by atoms with E-state index in [-0.39, 0.29) is 30.6 Å². The van der Waals surface area contributed by atoms with Crippen LogP contribution in [0.4, 0.5) is 4.39 Å². The Kier molecular flexibility index (Phi) is 8.36. The lowest BCUT2D eigenvalue weighted by molar-refractivity contribution is 0.0720. The Morgan fingerprint density at radius 3 is 2.41 bits per heavy atom. The number of ether oxygens (including phenoxy) is 1. The highest BCUT2D eigenvalue weighted by atomic mass is 35.5. The standard InChI is InChI=1S/C21H25FN2O.2ClH/c22-19-6-4-16(5-7-19)15-25-20-3-1-2-17(12-20)13-23-21-14-24-10-8-18(21)9-11-24;;/h1-7,12,18,21,23H,8-11,13-15H2;2*1H. The fourth-order valence-corrected chi connectivity index (χ4v) is 3.94. The van der Waals surface area contributed by atoms with Crippen LogP contribution in [0.3, 0.4) is 0 Å². The highest BCUT2D eigenvalue weighted by Gasteiger charge is 2.33. The van der Waals surface area contributed by atoms with Crippen molar-refractivity contribution in [1.29, 1.82) is 0 Å². The topological polar surface area (TPSA) is 24.5 Å². The van der Waals surface area contributed by atoms with Crippen molar-refractivity contribution in [3.05, 3.63) is 65.5 Å². The third-order valence-corrected chi connectivity index (χ3v) is 5.44. The van der Waals surface area contributed by atoms with E-state index in [0.29, 0.717) is 12.6 Å². The molecule has 1 atom stereocenters. The maximum Gasteiger partial charge on any atom is 0.123 e. The first-order valence-corrected chi connectivity index (χ1v) is 9.18. The summed E-state index contributed by atoms with van der Waals surface area (Å²) < 4.78 is 18.8. The van der Waals surface area contributed by atoms with Crippen molar-refractivity contribution in [2.75, 3.05) is 19.6 Å². The maximum absolute atomic E-state index is 12.9. The minimum absolute atomic E-state index is 0. The van der Waals surface area contributed by atoms with Gasteiger partial charge in [0.05, 0.1) is 0 Å². The molecule has 0 saturated carbocycles. The second-order valence-corrected chi connectivity index (χ2v) is 7.19. The summed E-state index contributed by atoms with van der Waals surface area (Å²) >= 11 is 0. The van der Waals surface area contributed by atoms with Crippen LogP contribution < -0.4 is 10.1 Å². The Morgan fingerprint density at radius 2 is 1.74 bits per heavy atom. The van der Waals surface area contributed by atoms with Gasteiger partial charge in [-0.2, -0.15) is 0 Å². The van der Waals surface area contributed by atoms with Gasteiger partial charge in [0.25, 0.3) is 0 Å². The Hall–Kier alpha value is -1.33. The number of rotatable bonds is 6. The first kappa shape index (κ1) is 22.0. The lowest BCUT2D eigenvalue weighted by atomic mass is 9.84. The average Bonchev–Trinajstić information content (AvgIpc) is 2.67. The van der Waals surface area contributed by atoms with Crippen molar-refractivity contribution in [2.45, 2.75) is 32.0 Å². The van der Waals surface area contributed by atoms with Crippen molar-refractivity contribution in [1.82, 2.24) is 10.2 Å². The van der Waals surface area contributed by atoms with Crippen LogP contribution in [0.25, 0.3) is 0 Å². The summed E-state index contributed by atoms with van der Waals surface area (Å²) in [6.07, 6.45) is 2.66. The number of benzene rings is 2. The van der Waals surface area contributed by atoms with Gasteiger partial charge in [0.1, 0.15) is 18.2 Å². The number of hydrogen-bond acceptors (Lipinski definition) is 3. The molecule has 3 nitrogen and oxygen atoms in total. The Labute approximate surface area is 173 Å². The molecule has 3 saturated heterocycles. The lowest BCUT2D eigenvalue weighted by Gasteiger charge is -2.45. The summed E-state index contributed by atoms with van der Waals surface area (Å²) in [6.45, 7) is 5.07. The molecule has 0 aliphatic carbocycles. The molecule has 2 bridgehead atoms. The summed E-state index contributed by atoms with van der Waals surface area (Å²) in [5, 5.41) is 3.74. The molecule has 2 aromatic carbocycles. The average molecular weight is 413 g/mol. The van der Waals surface area contributed by atoms with Crippen LogP contribution in [-0.2, 0) is 13.2 Å². The van der Waals surface area contributed by atoms with Crippen molar-refractivity contribution in [3.63, 3.8) is 0 Å². The van der Waals surface area contributed by atoms with Gasteiger partial charge in [-0.05, 0) is 67.2 Å². The number of halogens is 3. The van der Waals surface area contributed by atoms with E-state index >= 15 is 0 Å². The molecule has 6 heteroatoms. The predicted octanol–water partition coefficient (Wildman–Crippen LogP) is 4.43.